The van der Waals surface area contributed by atoms with E-state index in [1.807, 2.05) is 43.3 Å². The fraction of sp³-hybridized carbons (Fsp3) is 0.400. The number of carbonyl (C=O) groups is 1. The maximum Gasteiger partial charge on any atom is 0.247 e. The smallest absolute Gasteiger partial charge is 0.247 e. The van der Waals surface area contributed by atoms with Crippen molar-refractivity contribution in [3.63, 3.8) is 0 Å². The minimum atomic E-state index is -0.0211. The number of amides is 1. The van der Waals surface area contributed by atoms with Crippen molar-refractivity contribution in [3.8, 4) is 17.2 Å². The minimum Gasteiger partial charge on any atom is -0.497 e. The Balaban J connectivity index is 1.33. The molecule has 0 aliphatic carbocycles. The zero-order chi connectivity index (χ0) is 22.3. The molecule has 3 aromatic rings. The molecule has 7 nitrogen and oxygen atoms in total. The van der Waals surface area contributed by atoms with E-state index in [4.69, 9.17) is 9.15 Å². The van der Waals surface area contributed by atoms with E-state index in [2.05, 4.69) is 32.5 Å². The molecule has 0 radical (unpaired) electrons. The van der Waals surface area contributed by atoms with E-state index in [0.717, 1.165) is 30.0 Å². The van der Waals surface area contributed by atoms with Gasteiger partial charge in [-0.15, -0.1) is 10.2 Å². The zero-order valence-electron chi connectivity index (χ0n) is 18.7. The first kappa shape index (κ1) is 22.0. The third kappa shape index (κ3) is 5.53. The zero-order valence-corrected chi connectivity index (χ0v) is 18.7. The van der Waals surface area contributed by atoms with Crippen LogP contribution in [0.3, 0.4) is 0 Å². The normalized spacial score (nSPS) is 14.9. The first-order valence-corrected chi connectivity index (χ1v) is 11.2. The lowest BCUT2D eigenvalue weighted by Gasteiger charge is -2.28. The Bertz CT molecular complexity index is 1030. The van der Waals surface area contributed by atoms with E-state index in [1.165, 1.54) is 18.4 Å². The summed E-state index contributed by atoms with van der Waals surface area (Å²) in [5.41, 5.74) is 3.21. The molecule has 1 unspecified atom stereocenters. The van der Waals surface area contributed by atoms with Gasteiger partial charge in [0, 0.05) is 24.9 Å². The Morgan fingerprint density at radius 3 is 2.69 bits per heavy atom. The van der Waals surface area contributed by atoms with E-state index in [9.17, 15) is 4.79 Å². The van der Waals surface area contributed by atoms with Gasteiger partial charge < -0.3 is 14.5 Å². The van der Waals surface area contributed by atoms with Gasteiger partial charge in [-0.3, -0.25) is 9.69 Å². The molecule has 1 saturated heterocycles. The van der Waals surface area contributed by atoms with Crippen LogP contribution in [0, 0.1) is 6.92 Å². The maximum absolute atomic E-state index is 12.6. The minimum absolute atomic E-state index is 0.0211. The first-order chi connectivity index (χ1) is 15.6. The third-order valence-corrected chi connectivity index (χ3v) is 5.88. The highest BCUT2D eigenvalue weighted by Gasteiger charge is 2.24. The van der Waals surface area contributed by atoms with Crippen LogP contribution in [0.5, 0.6) is 5.75 Å². The van der Waals surface area contributed by atoms with Gasteiger partial charge in [0.2, 0.25) is 17.7 Å². The van der Waals surface area contributed by atoms with Crippen LogP contribution in [0.1, 0.15) is 42.3 Å². The Hall–Kier alpha value is -3.19. The van der Waals surface area contributed by atoms with Gasteiger partial charge in [0.25, 0.3) is 0 Å². The van der Waals surface area contributed by atoms with Crippen LogP contribution >= 0.6 is 0 Å². The molecular weight excluding hydrogens is 404 g/mol. The predicted octanol–water partition coefficient (Wildman–Crippen LogP) is 3.94. The first-order valence-electron chi connectivity index (χ1n) is 11.2. The number of nitrogens with zero attached hydrogens (tertiary/aromatic N) is 3. The average molecular weight is 435 g/mol. The second-order valence-electron chi connectivity index (χ2n) is 8.21. The van der Waals surface area contributed by atoms with Gasteiger partial charge in [0.05, 0.1) is 13.2 Å². The summed E-state index contributed by atoms with van der Waals surface area (Å²) in [5, 5.41) is 11.3. The summed E-state index contributed by atoms with van der Waals surface area (Å²) >= 11 is 0. The molecule has 1 aromatic heterocycles. The molecule has 1 fully saturated rings. The molecule has 0 bridgehead atoms. The second-order valence-corrected chi connectivity index (χ2v) is 8.21. The molecule has 32 heavy (non-hydrogen) atoms. The summed E-state index contributed by atoms with van der Waals surface area (Å²) in [5.74, 6) is 1.76. The number of rotatable bonds is 9. The second kappa shape index (κ2) is 10.4. The number of likely N-dealkylation sites (tertiary alicyclic amines) is 1. The monoisotopic (exact) mass is 434 g/mol. The highest BCUT2D eigenvalue weighted by molar-refractivity contribution is 5.76. The molecule has 2 aromatic carbocycles. The number of carbonyl (C=O) groups excluding carboxylic acids is 1. The van der Waals surface area contributed by atoms with E-state index in [-0.39, 0.29) is 11.9 Å². The van der Waals surface area contributed by atoms with Crippen molar-refractivity contribution in [2.24, 2.45) is 0 Å². The van der Waals surface area contributed by atoms with Gasteiger partial charge in [-0.25, -0.2) is 0 Å². The highest BCUT2D eigenvalue weighted by Crippen LogP contribution is 2.27. The topological polar surface area (TPSA) is 80.5 Å². The number of ether oxygens (including phenoxy) is 1. The number of aryl methyl sites for hydroxylation is 2. The van der Waals surface area contributed by atoms with E-state index < -0.39 is 0 Å². The van der Waals surface area contributed by atoms with Crippen LogP contribution in [0.2, 0.25) is 0 Å². The van der Waals surface area contributed by atoms with E-state index >= 15 is 0 Å². The predicted molar refractivity (Wildman–Crippen MR) is 122 cm³/mol. The summed E-state index contributed by atoms with van der Waals surface area (Å²) in [6.45, 7) is 4.68. The lowest BCUT2D eigenvalue weighted by atomic mass is 10.0. The number of benzene rings is 2. The standard InChI is InChI=1S/C25H30N4O3/c1-18-8-10-19(11-9-18)25-28-27-24(32-25)13-12-23(30)26-17-22(29-14-3-4-15-29)20-6-5-7-21(16-20)31-2/h5-11,16,22H,3-4,12-15,17H2,1-2H3,(H,26,30). The SMILES string of the molecule is COc1cccc(C(CNC(=O)CCc2nnc(-c3ccc(C)cc3)o2)N2CCCC2)c1. The van der Waals surface area contributed by atoms with Gasteiger partial charge in [0.15, 0.2) is 0 Å². The van der Waals surface area contributed by atoms with Crippen LogP contribution < -0.4 is 10.1 Å². The van der Waals surface area contributed by atoms with Crippen molar-refractivity contribution in [2.45, 2.75) is 38.6 Å². The lowest BCUT2D eigenvalue weighted by Crippen LogP contribution is -2.36. The molecule has 168 valence electrons. The van der Waals surface area contributed by atoms with Crippen LogP contribution in [-0.4, -0.2) is 47.7 Å². The molecule has 4 rings (SSSR count). The van der Waals surface area contributed by atoms with Crippen LogP contribution in [-0.2, 0) is 11.2 Å². The summed E-state index contributed by atoms with van der Waals surface area (Å²) < 4.78 is 11.1. The van der Waals surface area contributed by atoms with Crippen molar-refractivity contribution < 1.29 is 13.9 Å². The van der Waals surface area contributed by atoms with Crippen molar-refractivity contribution in [1.29, 1.82) is 0 Å². The summed E-state index contributed by atoms with van der Waals surface area (Å²) in [7, 11) is 1.67. The fourth-order valence-electron chi connectivity index (χ4n) is 4.05. The number of aromatic nitrogens is 2. The number of methoxy groups -OCH3 is 1. The van der Waals surface area contributed by atoms with Gasteiger partial charge in [-0.05, 0) is 62.7 Å². The molecule has 2 heterocycles. The van der Waals surface area contributed by atoms with Crippen molar-refractivity contribution in [1.82, 2.24) is 20.4 Å². The Labute approximate surface area is 188 Å². The Kier molecular flexibility index (Phi) is 7.17. The quantitative estimate of drug-likeness (QED) is 0.549. The maximum atomic E-state index is 12.6. The summed E-state index contributed by atoms with van der Waals surface area (Å²) in [6, 6.07) is 16.2. The van der Waals surface area contributed by atoms with Crippen molar-refractivity contribution >= 4 is 5.91 Å². The summed E-state index contributed by atoms with van der Waals surface area (Å²) in [4.78, 5) is 15.0. The Morgan fingerprint density at radius 2 is 1.94 bits per heavy atom. The highest BCUT2D eigenvalue weighted by atomic mass is 16.5. The van der Waals surface area contributed by atoms with Gasteiger partial charge in [0.1, 0.15) is 5.75 Å². The lowest BCUT2D eigenvalue weighted by molar-refractivity contribution is -0.121. The molecule has 1 aliphatic rings. The fourth-order valence-corrected chi connectivity index (χ4v) is 4.05. The third-order valence-electron chi connectivity index (χ3n) is 5.88. The molecule has 7 heteroatoms. The van der Waals surface area contributed by atoms with Crippen LogP contribution in [0.15, 0.2) is 52.9 Å². The van der Waals surface area contributed by atoms with Gasteiger partial charge >= 0.3 is 0 Å². The van der Waals surface area contributed by atoms with Crippen molar-refractivity contribution in [3.05, 3.63) is 65.5 Å². The van der Waals surface area contributed by atoms with E-state index in [1.54, 1.807) is 7.11 Å². The molecule has 1 aliphatic heterocycles. The Morgan fingerprint density at radius 1 is 1.16 bits per heavy atom. The molecule has 1 amide bonds. The van der Waals surface area contributed by atoms with E-state index in [0.29, 0.717) is 31.2 Å². The van der Waals surface area contributed by atoms with Crippen molar-refractivity contribution in [2.75, 3.05) is 26.7 Å². The molecule has 0 spiro atoms. The van der Waals surface area contributed by atoms with Gasteiger partial charge in [-0.2, -0.15) is 0 Å². The largest absolute Gasteiger partial charge is 0.497 e. The molecule has 1 atom stereocenters. The number of hydrogen-bond acceptors (Lipinski definition) is 6. The van der Waals surface area contributed by atoms with Crippen LogP contribution in [0.25, 0.3) is 11.5 Å². The molecular formula is C25H30N4O3. The van der Waals surface area contributed by atoms with Gasteiger partial charge in [-0.1, -0.05) is 29.8 Å². The summed E-state index contributed by atoms with van der Waals surface area (Å²) in [6.07, 6.45) is 3.10. The molecule has 0 saturated carbocycles. The van der Waals surface area contributed by atoms with Crippen LogP contribution in [0.4, 0.5) is 0 Å². The molecule has 1 N–H and O–H groups in total. The number of hydrogen-bond donors (Lipinski definition) is 1. The average Bonchev–Trinajstić information content (AvgIpc) is 3.51. The number of nitrogens with one attached hydrogen (secondary N) is 1.